The van der Waals surface area contributed by atoms with Gasteiger partial charge in [0, 0.05) is 12.2 Å². The number of amides is 1. The molecule has 7 nitrogen and oxygen atoms in total. The molecule has 1 atom stereocenters. The molecular formula is C20H27N3O4S. The summed E-state index contributed by atoms with van der Waals surface area (Å²) in [5, 5.41) is 2.76. The van der Waals surface area contributed by atoms with Gasteiger partial charge in [0.05, 0.1) is 12.0 Å². The van der Waals surface area contributed by atoms with Gasteiger partial charge in [0.15, 0.2) is 0 Å². The first-order valence-corrected chi connectivity index (χ1v) is 10.5. The topological polar surface area (TPSA) is 111 Å². The van der Waals surface area contributed by atoms with Gasteiger partial charge in [-0.25, -0.2) is 8.42 Å². The first kappa shape index (κ1) is 21.9. The van der Waals surface area contributed by atoms with Crippen molar-refractivity contribution in [2.75, 3.05) is 12.4 Å². The van der Waals surface area contributed by atoms with Gasteiger partial charge in [-0.15, -0.1) is 0 Å². The number of methoxy groups -OCH3 is 1. The quantitative estimate of drug-likeness (QED) is 0.594. The van der Waals surface area contributed by atoms with Crippen molar-refractivity contribution in [2.45, 2.75) is 37.8 Å². The highest BCUT2D eigenvalue weighted by Crippen LogP contribution is 2.18. The largest absolute Gasteiger partial charge is 0.497 e. The number of anilines is 1. The van der Waals surface area contributed by atoms with E-state index in [0.29, 0.717) is 24.4 Å². The molecule has 0 aliphatic rings. The predicted octanol–water partition coefficient (Wildman–Crippen LogP) is 2.49. The second kappa shape index (κ2) is 9.68. The smallest absolute Gasteiger partial charge is 0.242 e. The van der Waals surface area contributed by atoms with E-state index in [1.54, 1.807) is 24.3 Å². The summed E-state index contributed by atoms with van der Waals surface area (Å²) >= 11 is 0. The number of nitrogens with one attached hydrogen (secondary N) is 2. The Kier molecular flexibility index (Phi) is 7.56. The molecule has 152 valence electrons. The van der Waals surface area contributed by atoms with Gasteiger partial charge in [0.25, 0.3) is 0 Å². The summed E-state index contributed by atoms with van der Waals surface area (Å²) in [5.74, 6) is 0.261. The summed E-state index contributed by atoms with van der Waals surface area (Å²) in [6, 6.07) is 12.2. The molecule has 0 heterocycles. The van der Waals surface area contributed by atoms with Crippen LogP contribution in [0.25, 0.3) is 0 Å². The Labute approximate surface area is 166 Å². The van der Waals surface area contributed by atoms with Gasteiger partial charge < -0.3 is 15.8 Å². The minimum Gasteiger partial charge on any atom is -0.497 e. The van der Waals surface area contributed by atoms with Crippen LogP contribution in [0, 0.1) is 5.92 Å². The Hall–Kier alpha value is -2.42. The molecule has 0 aliphatic carbocycles. The fourth-order valence-corrected chi connectivity index (χ4v) is 3.85. The molecule has 0 aliphatic heterocycles. The van der Waals surface area contributed by atoms with Crippen LogP contribution in [-0.2, 0) is 21.4 Å². The van der Waals surface area contributed by atoms with Crippen molar-refractivity contribution >= 4 is 21.6 Å². The third kappa shape index (κ3) is 6.05. The van der Waals surface area contributed by atoms with E-state index in [9.17, 15) is 13.2 Å². The zero-order valence-electron chi connectivity index (χ0n) is 16.3. The Morgan fingerprint density at radius 2 is 1.68 bits per heavy atom. The van der Waals surface area contributed by atoms with Crippen LogP contribution in [-0.4, -0.2) is 27.5 Å². The average molecular weight is 406 g/mol. The second-order valence-corrected chi connectivity index (χ2v) is 8.58. The summed E-state index contributed by atoms with van der Waals surface area (Å²) in [7, 11) is -2.36. The van der Waals surface area contributed by atoms with Gasteiger partial charge in [-0.1, -0.05) is 26.0 Å². The molecular weight excluding hydrogens is 378 g/mol. The molecule has 0 saturated heterocycles. The van der Waals surface area contributed by atoms with Crippen molar-refractivity contribution in [2.24, 2.45) is 11.7 Å². The van der Waals surface area contributed by atoms with Crippen LogP contribution in [0.2, 0.25) is 0 Å². The molecule has 0 bridgehead atoms. The van der Waals surface area contributed by atoms with Crippen LogP contribution in [0.1, 0.15) is 25.8 Å². The molecule has 4 N–H and O–H groups in total. The van der Waals surface area contributed by atoms with Crippen molar-refractivity contribution in [1.29, 1.82) is 0 Å². The zero-order chi connectivity index (χ0) is 20.7. The lowest BCUT2D eigenvalue weighted by atomic mass is 10.0. The summed E-state index contributed by atoms with van der Waals surface area (Å²) in [5.41, 5.74) is 7.10. The zero-order valence-corrected chi connectivity index (χ0v) is 17.1. The maximum absolute atomic E-state index is 12.7. The van der Waals surface area contributed by atoms with Crippen molar-refractivity contribution in [3.63, 3.8) is 0 Å². The van der Waals surface area contributed by atoms with E-state index in [0.717, 1.165) is 5.56 Å². The fourth-order valence-electron chi connectivity index (χ4n) is 2.64. The van der Waals surface area contributed by atoms with E-state index in [1.165, 1.54) is 19.2 Å². The summed E-state index contributed by atoms with van der Waals surface area (Å²) < 4.78 is 33.0. The molecule has 2 rings (SSSR count). The Balaban J connectivity index is 2.17. The van der Waals surface area contributed by atoms with Gasteiger partial charge in [-0.2, -0.15) is 4.72 Å². The van der Waals surface area contributed by atoms with Crippen LogP contribution in [0.3, 0.4) is 0 Å². The number of carbonyl (C=O) groups excluding carboxylic acids is 1. The van der Waals surface area contributed by atoms with Gasteiger partial charge in [-0.3, -0.25) is 4.79 Å². The summed E-state index contributed by atoms with van der Waals surface area (Å²) in [6.07, 6.45) is 0.363. The number of rotatable bonds is 9. The molecule has 0 radical (unpaired) electrons. The van der Waals surface area contributed by atoms with Gasteiger partial charge >= 0.3 is 0 Å². The van der Waals surface area contributed by atoms with Crippen LogP contribution in [0.5, 0.6) is 5.75 Å². The molecule has 1 unspecified atom stereocenters. The Bertz CT molecular complexity index is 879. The molecule has 0 saturated carbocycles. The number of sulfonamides is 1. The fraction of sp³-hybridized carbons (Fsp3) is 0.350. The van der Waals surface area contributed by atoms with E-state index < -0.39 is 22.0 Å². The molecule has 0 fully saturated rings. The van der Waals surface area contributed by atoms with Gasteiger partial charge in [0.1, 0.15) is 11.8 Å². The maximum atomic E-state index is 12.7. The molecule has 2 aromatic rings. The van der Waals surface area contributed by atoms with Gasteiger partial charge in [0.2, 0.25) is 15.9 Å². The minimum atomic E-state index is -3.86. The van der Waals surface area contributed by atoms with E-state index in [-0.39, 0.29) is 10.8 Å². The highest BCUT2D eigenvalue weighted by Gasteiger charge is 2.26. The number of hydrogen-bond donors (Lipinski definition) is 3. The number of benzene rings is 2. The summed E-state index contributed by atoms with van der Waals surface area (Å²) in [6.45, 7) is 4.27. The van der Waals surface area contributed by atoms with Crippen molar-refractivity contribution in [1.82, 2.24) is 4.72 Å². The highest BCUT2D eigenvalue weighted by atomic mass is 32.2. The van der Waals surface area contributed by atoms with Crippen molar-refractivity contribution in [3.05, 3.63) is 54.1 Å². The number of hydrogen-bond acceptors (Lipinski definition) is 5. The number of ether oxygens (including phenoxy) is 1. The first-order valence-electron chi connectivity index (χ1n) is 9.01. The third-order valence-corrected chi connectivity index (χ3v) is 5.64. The summed E-state index contributed by atoms with van der Waals surface area (Å²) in [4.78, 5) is 12.8. The van der Waals surface area contributed by atoms with Crippen molar-refractivity contribution < 1.29 is 17.9 Å². The molecule has 0 spiro atoms. The standard InChI is InChI=1S/C20H27N3O4S/c1-14(2)12-19(20(24)22-16-6-4-15(13-21)5-7-16)23-28(25,26)18-10-8-17(27-3)9-11-18/h4-11,14,19,23H,12-13,21H2,1-3H3,(H,22,24). The molecule has 2 aromatic carbocycles. The van der Waals surface area contributed by atoms with E-state index in [4.69, 9.17) is 10.5 Å². The molecule has 28 heavy (non-hydrogen) atoms. The SMILES string of the molecule is COc1ccc(S(=O)(=O)NC(CC(C)C)C(=O)Nc2ccc(CN)cc2)cc1. The third-order valence-electron chi connectivity index (χ3n) is 4.15. The predicted molar refractivity (Wildman–Crippen MR) is 110 cm³/mol. The second-order valence-electron chi connectivity index (χ2n) is 6.87. The van der Waals surface area contributed by atoms with E-state index in [1.807, 2.05) is 26.0 Å². The van der Waals surface area contributed by atoms with Crippen LogP contribution in [0.4, 0.5) is 5.69 Å². The molecule has 0 aromatic heterocycles. The highest BCUT2D eigenvalue weighted by molar-refractivity contribution is 7.89. The van der Waals surface area contributed by atoms with Crippen LogP contribution < -0.4 is 20.5 Å². The van der Waals surface area contributed by atoms with Crippen LogP contribution in [0.15, 0.2) is 53.4 Å². The van der Waals surface area contributed by atoms with E-state index >= 15 is 0 Å². The normalized spacial score (nSPS) is 12.6. The lowest BCUT2D eigenvalue weighted by Gasteiger charge is -2.20. The average Bonchev–Trinajstić information content (AvgIpc) is 2.67. The first-order chi connectivity index (χ1) is 13.2. The van der Waals surface area contributed by atoms with Crippen molar-refractivity contribution in [3.8, 4) is 5.75 Å². The lowest BCUT2D eigenvalue weighted by molar-refractivity contribution is -0.118. The van der Waals surface area contributed by atoms with E-state index in [2.05, 4.69) is 10.0 Å². The molecule has 1 amide bonds. The lowest BCUT2D eigenvalue weighted by Crippen LogP contribution is -2.44. The van der Waals surface area contributed by atoms with Crippen LogP contribution >= 0.6 is 0 Å². The number of carbonyl (C=O) groups is 1. The molecule has 8 heteroatoms. The van der Waals surface area contributed by atoms with Gasteiger partial charge in [-0.05, 0) is 54.3 Å². The number of nitrogens with two attached hydrogens (primary N) is 1. The minimum absolute atomic E-state index is 0.0714. The Morgan fingerprint density at radius 3 is 2.18 bits per heavy atom. The maximum Gasteiger partial charge on any atom is 0.242 e. The Morgan fingerprint density at radius 1 is 1.07 bits per heavy atom. The monoisotopic (exact) mass is 405 g/mol.